The summed E-state index contributed by atoms with van der Waals surface area (Å²) in [4.78, 5) is 12.7. The Labute approximate surface area is 118 Å². The Hall–Kier alpha value is -1.07. The maximum Gasteiger partial charge on any atom is 0.315 e. The lowest BCUT2D eigenvalue weighted by Gasteiger charge is -2.25. The van der Waals surface area contributed by atoms with E-state index in [-0.39, 0.29) is 12.6 Å². The molecule has 1 fully saturated rings. The van der Waals surface area contributed by atoms with Crippen LogP contribution in [0.25, 0.3) is 0 Å². The van der Waals surface area contributed by atoms with Crippen molar-refractivity contribution in [1.29, 1.82) is 0 Å². The minimum Gasteiger partial charge on any atom is -0.383 e. The molecule has 0 unspecified atom stereocenters. The first kappa shape index (κ1) is 14.3. The molecular formula is C14H22N2O2S. The normalized spacial score (nSPS) is 19.7. The molecular weight excluding hydrogens is 260 g/mol. The summed E-state index contributed by atoms with van der Waals surface area (Å²) in [5.74, 6) is 0. The number of amides is 2. The molecule has 1 aliphatic rings. The first-order valence-corrected chi connectivity index (χ1v) is 7.76. The van der Waals surface area contributed by atoms with Gasteiger partial charge in [-0.15, -0.1) is 11.3 Å². The van der Waals surface area contributed by atoms with Gasteiger partial charge in [0.15, 0.2) is 0 Å². The van der Waals surface area contributed by atoms with E-state index in [2.05, 4.69) is 10.6 Å². The molecule has 1 saturated carbocycles. The van der Waals surface area contributed by atoms with Crippen LogP contribution < -0.4 is 10.6 Å². The number of urea groups is 1. The average Bonchev–Trinajstić information content (AvgIpc) is 2.92. The van der Waals surface area contributed by atoms with Crippen molar-refractivity contribution >= 4 is 17.4 Å². The predicted octanol–water partition coefficient (Wildman–Crippen LogP) is 2.59. The fourth-order valence-electron chi connectivity index (χ4n) is 2.41. The average molecular weight is 282 g/mol. The summed E-state index contributed by atoms with van der Waals surface area (Å²) < 4.78 is 0. The highest BCUT2D eigenvalue weighted by molar-refractivity contribution is 7.10. The first-order chi connectivity index (χ1) is 9.08. The van der Waals surface area contributed by atoms with Gasteiger partial charge in [-0.3, -0.25) is 0 Å². The molecule has 2 rings (SSSR count). The van der Waals surface area contributed by atoms with Crippen LogP contribution in [-0.4, -0.2) is 23.7 Å². The van der Waals surface area contributed by atoms with E-state index in [0.29, 0.717) is 6.04 Å². The van der Waals surface area contributed by atoms with Crippen molar-refractivity contribution in [3.05, 3.63) is 22.4 Å². The molecule has 0 radical (unpaired) electrons. The second-order valence-electron chi connectivity index (χ2n) is 5.41. The molecule has 1 aliphatic carbocycles. The molecule has 0 aliphatic heterocycles. The summed E-state index contributed by atoms with van der Waals surface area (Å²) >= 11 is 1.50. The molecule has 2 amide bonds. The Morgan fingerprint density at radius 2 is 2.21 bits per heavy atom. The maximum atomic E-state index is 11.8. The maximum absolute atomic E-state index is 11.8. The number of nitrogens with one attached hydrogen (secondary N) is 2. The molecule has 4 nitrogen and oxygen atoms in total. The molecule has 0 aromatic carbocycles. The van der Waals surface area contributed by atoms with Crippen molar-refractivity contribution in [2.75, 3.05) is 6.54 Å². The minimum absolute atomic E-state index is 0.177. The summed E-state index contributed by atoms with van der Waals surface area (Å²) in [5.41, 5.74) is -1.00. The van der Waals surface area contributed by atoms with Crippen molar-refractivity contribution in [3.8, 4) is 0 Å². The molecule has 3 N–H and O–H groups in total. The molecule has 1 atom stereocenters. The summed E-state index contributed by atoms with van der Waals surface area (Å²) in [6.07, 6.45) is 5.78. The van der Waals surface area contributed by atoms with Gasteiger partial charge in [0.1, 0.15) is 5.60 Å². The van der Waals surface area contributed by atoms with Crippen LogP contribution in [0.5, 0.6) is 0 Å². The van der Waals surface area contributed by atoms with Gasteiger partial charge in [0, 0.05) is 10.9 Å². The van der Waals surface area contributed by atoms with E-state index in [1.54, 1.807) is 6.92 Å². The molecule has 0 spiro atoms. The van der Waals surface area contributed by atoms with Gasteiger partial charge in [-0.05, 0) is 31.2 Å². The number of thiophene rings is 1. The molecule has 1 aromatic heterocycles. The van der Waals surface area contributed by atoms with Crippen molar-refractivity contribution in [1.82, 2.24) is 10.6 Å². The third kappa shape index (κ3) is 4.21. The van der Waals surface area contributed by atoms with E-state index in [1.807, 2.05) is 17.5 Å². The van der Waals surface area contributed by atoms with E-state index in [1.165, 1.54) is 30.6 Å². The van der Waals surface area contributed by atoms with E-state index in [4.69, 9.17) is 0 Å². The number of hydrogen-bond acceptors (Lipinski definition) is 3. The van der Waals surface area contributed by atoms with Crippen molar-refractivity contribution in [2.45, 2.75) is 50.7 Å². The van der Waals surface area contributed by atoms with E-state index < -0.39 is 5.60 Å². The second-order valence-corrected chi connectivity index (χ2v) is 6.36. The summed E-state index contributed by atoms with van der Waals surface area (Å²) in [7, 11) is 0. The Kier molecular flexibility index (Phi) is 4.82. The monoisotopic (exact) mass is 282 g/mol. The van der Waals surface area contributed by atoms with Crippen molar-refractivity contribution < 1.29 is 9.90 Å². The molecule has 106 valence electrons. The van der Waals surface area contributed by atoms with Gasteiger partial charge in [-0.1, -0.05) is 25.3 Å². The smallest absolute Gasteiger partial charge is 0.315 e. The molecule has 1 heterocycles. The zero-order valence-corrected chi connectivity index (χ0v) is 12.1. The predicted molar refractivity (Wildman–Crippen MR) is 77.3 cm³/mol. The van der Waals surface area contributed by atoms with Crippen LogP contribution in [0.1, 0.15) is 43.9 Å². The topological polar surface area (TPSA) is 61.4 Å². The van der Waals surface area contributed by atoms with Crippen LogP contribution in [0, 0.1) is 0 Å². The number of carbonyl (C=O) groups is 1. The fourth-order valence-corrected chi connectivity index (χ4v) is 3.19. The third-order valence-corrected chi connectivity index (χ3v) is 4.71. The van der Waals surface area contributed by atoms with Gasteiger partial charge in [0.25, 0.3) is 0 Å². The fraction of sp³-hybridized carbons (Fsp3) is 0.643. The number of rotatable bonds is 4. The number of carbonyl (C=O) groups excluding carboxylic acids is 1. The van der Waals surface area contributed by atoms with Crippen LogP contribution in [0.3, 0.4) is 0 Å². The number of aliphatic hydroxyl groups is 1. The Balaban J connectivity index is 1.76. The highest BCUT2D eigenvalue weighted by Crippen LogP contribution is 2.24. The lowest BCUT2D eigenvalue weighted by molar-refractivity contribution is 0.0629. The highest BCUT2D eigenvalue weighted by Gasteiger charge is 2.25. The summed E-state index contributed by atoms with van der Waals surface area (Å²) in [6, 6.07) is 3.89. The van der Waals surface area contributed by atoms with E-state index in [0.717, 1.165) is 17.7 Å². The zero-order chi connectivity index (χ0) is 13.7. The zero-order valence-electron chi connectivity index (χ0n) is 11.3. The second kappa shape index (κ2) is 6.39. The van der Waals surface area contributed by atoms with Crippen LogP contribution >= 0.6 is 11.3 Å². The number of hydrogen-bond donors (Lipinski definition) is 3. The SMILES string of the molecule is C[C@](O)(CNC(=O)NC1CCCCC1)c1cccs1. The van der Waals surface area contributed by atoms with Crippen molar-refractivity contribution in [3.63, 3.8) is 0 Å². The van der Waals surface area contributed by atoms with Gasteiger partial charge in [-0.2, -0.15) is 0 Å². The standard InChI is InChI=1S/C14H22N2O2S/c1-14(18,12-8-5-9-19-12)10-15-13(17)16-11-6-3-2-4-7-11/h5,8-9,11,18H,2-4,6-7,10H2,1H3,(H2,15,16,17)/t14-/m0/s1. The van der Waals surface area contributed by atoms with Gasteiger partial charge < -0.3 is 15.7 Å². The molecule has 1 aromatic rings. The van der Waals surface area contributed by atoms with Crippen LogP contribution in [0.4, 0.5) is 4.79 Å². The first-order valence-electron chi connectivity index (χ1n) is 6.89. The lowest BCUT2D eigenvalue weighted by Crippen LogP contribution is -2.47. The Bertz CT molecular complexity index is 398. The highest BCUT2D eigenvalue weighted by atomic mass is 32.1. The molecule has 19 heavy (non-hydrogen) atoms. The molecule has 0 saturated heterocycles. The van der Waals surface area contributed by atoms with Crippen LogP contribution in [0.15, 0.2) is 17.5 Å². The van der Waals surface area contributed by atoms with Gasteiger partial charge >= 0.3 is 6.03 Å². The quantitative estimate of drug-likeness (QED) is 0.795. The van der Waals surface area contributed by atoms with Crippen molar-refractivity contribution in [2.24, 2.45) is 0 Å². The summed E-state index contributed by atoms with van der Waals surface area (Å²) in [5, 5.41) is 18.0. The van der Waals surface area contributed by atoms with E-state index >= 15 is 0 Å². The van der Waals surface area contributed by atoms with Gasteiger partial charge in [0.2, 0.25) is 0 Å². The largest absolute Gasteiger partial charge is 0.383 e. The van der Waals surface area contributed by atoms with Gasteiger partial charge in [-0.25, -0.2) is 4.79 Å². The Morgan fingerprint density at radius 1 is 1.47 bits per heavy atom. The lowest BCUT2D eigenvalue weighted by atomic mass is 9.96. The molecule has 5 heteroatoms. The summed E-state index contributed by atoms with van der Waals surface area (Å²) in [6.45, 7) is 1.95. The third-order valence-electron chi connectivity index (χ3n) is 3.59. The van der Waals surface area contributed by atoms with E-state index in [9.17, 15) is 9.90 Å². The van der Waals surface area contributed by atoms with Gasteiger partial charge in [0.05, 0.1) is 6.54 Å². The minimum atomic E-state index is -1.00. The Morgan fingerprint density at radius 3 is 2.84 bits per heavy atom. The van der Waals surface area contributed by atoms with Crippen LogP contribution in [0.2, 0.25) is 0 Å². The molecule has 0 bridgehead atoms. The van der Waals surface area contributed by atoms with Crippen LogP contribution in [-0.2, 0) is 5.60 Å².